The van der Waals surface area contributed by atoms with Crippen LogP contribution >= 0.6 is 0 Å². The van der Waals surface area contributed by atoms with Crippen molar-refractivity contribution in [3.8, 4) is 0 Å². The normalized spacial score (nSPS) is 14.0. The highest BCUT2D eigenvalue weighted by Gasteiger charge is 2.24. The topological polar surface area (TPSA) is 82.7 Å². The molecule has 0 bridgehead atoms. The second kappa shape index (κ2) is 4.97. The van der Waals surface area contributed by atoms with Gasteiger partial charge in [-0.15, -0.1) is 0 Å². The molecule has 1 aliphatic heterocycles. The SMILES string of the molecule is CN1CCN(c2nc(C(=O)O)ccc2N)c2ccccc21. The zero-order valence-corrected chi connectivity index (χ0v) is 11.7. The lowest BCUT2D eigenvalue weighted by molar-refractivity contribution is 0.0690. The summed E-state index contributed by atoms with van der Waals surface area (Å²) in [4.78, 5) is 19.4. The number of anilines is 4. The van der Waals surface area contributed by atoms with Gasteiger partial charge in [0.2, 0.25) is 0 Å². The van der Waals surface area contributed by atoms with E-state index in [2.05, 4.69) is 9.88 Å². The second-order valence-electron chi connectivity index (χ2n) is 4.98. The van der Waals surface area contributed by atoms with Crippen molar-refractivity contribution < 1.29 is 9.90 Å². The number of hydrogen-bond acceptors (Lipinski definition) is 5. The Balaban J connectivity index is 2.11. The molecule has 0 fully saturated rings. The zero-order valence-electron chi connectivity index (χ0n) is 11.7. The minimum absolute atomic E-state index is 0.00407. The Labute approximate surface area is 122 Å². The first-order valence-corrected chi connectivity index (χ1v) is 6.65. The number of rotatable bonds is 2. The van der Waals surface area contributed by atoms with Crippen LogP contribution in [-0.4, -0.2) is 36.2 Å². The lowest BCUT2D eigenvalue weighted by Gasteiger charge is -2.36. The third kappa shape index (κ3) is 2.24. The van der Waals surface area contributed by atoms with E-state index in [-0.39, 0.29) is 5.69 Å². The molecule has 1 aliphatic rings. The fraction of sp³-hybridized carbons (Fsp3) is 0.200. The van der Waals surface area contributed by atoms with Crippen LogP contribution in [0.1, 0.15) is 10.5 Å². The van der Waals surface area contributed by atoms with E-state index in [9.17, 15) is 4.79 Å². The minimum atomic E-state index is -1.06. The van der Waals surface area contributed by atoms with E-state index in [1.807, 2.05) is 36.2 Å². The monoisotopic (exact) mass is 284 g/mol. The van der Waals surface area contributed by atoms with Crippen LogP contribution in [-0.2, 0) is 0 Å². The lowest BCUT2D eigenvalue weighted by atomic mass is 10.1. The molecule has 2 aromatic rings. The smallest absolute Gasteiger partial charge is 0.354 e. The summed E-state index contributed by atoms with van der Waals surface area (Å²) >= 11 is 0. The summed E-state index contributed by atoms with van der Waals surface area (Å²) in [5.41, 5.74) is 8.52. The molecule has 0 saturated carbocycles. The van der Waals surface area contributed by atoms with E-state index in [1.54, 1.807) is 6.07 Å². The summed E-state index contributed by atoms with van der Waals surface area (Å²) in [5, 5.41) is 9.11. The third-order valence-corrected chi connectivity index (χ3v) is 3.62. The van der Waals surface area contributed by atoms with Crippen molar-refractivity contribution in [3.63, 3.8) is 0 Å². The molecular formula is C15H16N4O2. The molecule has 0 atom stereocenters. The predicted molar refractivity (Wildman–Crippen MR) is 82.3 cm³/mol. The first-order chi connectivity index (χ1) is 10.1. The molecular weight excluding hydrogens is 268 g/mol. The van der Waals surface area contributed by atoms with Crippen LogP contribution < -0.4 is 15.5 Å². The molecule has 0 radical (unpaired) electrons. The van der Waals surface area contributed by atoms with Crippen LogP contribution in [0, 0.1) is 0 Å². The maximum atomic E-state index is 11.1. The molecule has 0 aliphatic carbocycles. The molecule has 108 valence electrons. The Bertz CT molecular complexity index is 702. The number of fused-ring (bicyclic) bond motifs is 1. The third-order valence-electron chi connectivity index (χ3n) is 3.62. The van der Waals surface area contributed by atoms with Crippen LogP contribution in [0.25, 0.3) is 0 Å². The fourth-order valence-corrected chi connectivity index (χ4v) is 2.52. The molecule has 1 aromatic carbocycles. The van der Waals surface area contributed by atoms with Gasteiger partial charge in [0.05, 0.1) is 17.1 Å². The van der Waals surface area contributed by atoms with Gasteiger partial charge in [-0.1, -0.05) is 12.1 Å². The number of para-hydroxylation sites is 2. The Morgan fingerprint density at radius 1 is 1.19 bits per heavy atom. The van der Waals surface area contributed by atoms with Crippen molar-refractivity contribution in [1.29, 1.82) is 0 Å². The Hall–Kier alpha value is -2.76. The highest BCUT2D eigenvalue weighted by Crippen LogP contribution is 2.38. The Kier molecular flexibility index (Phi) is 3.13. The maximum absolute atomic E-state index is 11.1. The molecule has 1 aromatic heterocycles. The summed E-state index contributed by atoms with van der Waals surface area (Å²) in [5.74, 6) is -0.561. The number of carboxylic acid groups (broad SMARTS) is 1. The van der Waals surface area contributed by atoms with Crippen molar-refractivity contribution in [2.45, 2.75) is 0 Å². The Morgan fingerprint density at radius 3 is 2.62 bits per heavy atom. The number of nitrogens with zero attached hydrogens (tertiary/aromatic N) is 3. The molecule has 0 amide bonds. The van der Waals surface area contributed by atoms with Crippen LogP contribution in [0.2, 0.25) is 0 Å². The van der Waals surface area contributed by atoms with Crippen molar-refractivity contribution in [3.05, 3.63) is 42.1 Å². The van der Waals surface area contributed by atoms with Gasteiger partial charge in [0, 0.05) is 20.1 Å². The standard InChI is InChI=1S/C15H16N4O2/c1-18-8-9-19(13-5-3-2-4-12(13)18)14-10(16)6-7-11(17-14)15(20)21/h2-7H,8-9,16H2,1H3,(H,20,21). The molecule has 3 rings (SSSR count). The van der Waals surface area contributed by atoms with E-state index in [4.69, 9.17) is 10.8 Å². The highest BCUT2D eigenvalue weighted by molar-refractivity contribution is 5.88. The quantitative estimate of drug-likeness (QED) is 0.877. The number of pyridine rings is 1. The van der Waals surface area contributed by atoms with Gasteiger partial charge in [-0.05, 0) is 24.3 Å². The highest BCUT2D eigenvalue weighted by atomic mass is 16.4. The van der Waals surface area contributed by atoms with Gasteiger partial charge < -0.3 is 20.6 Å². The van der Waals surface area contributed by atoms with Gasteiger partial charge in [-0.25, -0.2) is 9.78 Å². The summed E-state index contributed by atoms with van der Waals surface area (Å²) < 4.78 is 0. The largest absolute Gasteiger partial charge is 0.477 e. The first kappa shape index (κ1) is 13.2. The van der Waals surface area contributed by atoms with Crippen molar-refractivity contribution >= 4 is 28.8 Å². The molecule has 0 unspecified atom stereocenters. The van der Waals surface area contributed by atoms with Crippen molar-refractivity contribution in [2.24, 2.45) is 0 Å². The molecule has 0 saturated heterocycles. The molecule has 6 heteroatoms. The zero-order chi connectivity index (χ0) is 15.0. The van der Waals surface area contributed by atoms with Crippen LogP contribution in [0.15, 0.2) is 36.4 Å². The van der Waals surface area contributed by atoms with Crippen LogP contribution in [0.5, 0.6) is 0 Å². The van der Waals surface area contributed by atoms with Crippen LogP contribution in [0.4, 0.5) is 22.9 Å². The molecule has 6 nitrogen and oxygen atoms in total. The second-order valence-corrected chi connectivity index (χ2v) is 4.98. The summed E-state index contributed by atoms with van der Waals surface area (Å²) in [6.07, 6.45) is 0. The first-order valence-electron chi connectivity index (χ1n) is 6.65. The maximum Gasteiger partial charge on any atom is 0.354 e. The Morgan fingerprint density at radius 2 is 1.90 bits per heavy atom. The average molecular weight is 284 g/mol. The fourth-order valence-electron chi connectivity index (χ4n) is 2.52. The number of benzene rings is 1. The molecule has 2 heterocycles. The number of aromatic carboxylic acids is 1. The van der Waals surface area contributed by atoms with Gasteiger partial charge in [-0.2, -0.15) is 0 Å². The van der Waals surface area contributed by atoms with Gasteiger partial charge in [0.15, 0.2) is 11.5 Å². The van der Waals surface area contributed by atoms with E-state index >= 15 is 0 Å². The minimum Gasteiger partial charge on any atom is -0.477 e. The summed E-state index contributed by atoms with van der Waals surface area (Å²) in [6, 6.07) is 10.9. The van der Waals surface area contributed by atoms with E-state index < -0.39 is 5.97 Å². The average Bonchev–Trinajstić information content (AvgIpc) is 2.49. The molecule has 3 N–H and O–H groups in total. The van der Waals surface area contributed by atoms with Crippen LogP contribution in [0.3, 0.4) is 0 Å². The number of likely N-dealkylation sites (N-methyl/N-ethyl adjacent to an activating group) is 1. The van der Waals surface area contributed by atoms with Gasteiger partial charge in [0.25, 0.3) is 0 Å². The van der Waals surface area contributed by atoms with E-state index in [1.165, 1.54) is 6.07 Å². The number of nitrogen functional groups attached to an aromatic ring is 1. The molecule has 0 spiro atoms. The lowest BCUT2D eigenvalue weighted by Crippen LogP contribution is -2.37. The van der Waals surface area contributed by atoms with Gasteiger partial charge in [0.1, 0.15) is 0 Å². The molecule has 21 heavy (non-hydrogen) atoms. The van der Waals surface area contributed by atoms with Crippen molar-refractivity contribution in [2.75, 3.05) is 35.7 Å². The number of nitrogens with two attached hydrogens (primary N) is 1. The van der Waals surface area contributed by atoms with Gasteiger partial charge in [-0.3, -0.25) is 0 Å². The van der Waals surface area contributed by atoms with Crippen molar-refractivity contribution in [1.82, 2.24) is 4.98 Å². The predicted octanol–water partition coefficient (Wildman–Crippen LogP) is 1.95. The summed E-state index contributed by atoms with van der Waals surface area (Å²) in [6.45, 7) is 1.52. The summed E-state index contributed by atoms with van der Waals surface area (Å²) in [7, 11) is 2.03. The van der Waals surface area contributed by atoms with E-state index in [0.29, 0.717) is 18.1 Å². The number of aromatic nitrogens is 1. The van der Waals surface area contributed by atoms with Gasteiger partial charge >= 0.3 is 5.97 Å². The number of carboxylic acids is 1. The number of carbonyl (C=O) groups is 1. The van der Waals surface area contributed by atoms with E-state index in [0.717, 1.165) is 17.9 Å². The number of hydrogen-bond donors (Lipinski definition) is 2.